The van der Waals surface area contributed by atoms with E-state index in [1.165, 1.54) is 12.5 Å². The average Bonchev–Trinajstić information content (AvgIpc) is 2.41. The van der Waals surface area contributed by atoms with Crippen molar-refractivity contribution in [2.75, 3.05) is 0 Å². The van der Waals surface area contributed by atoms with Gasteiger partial charge in [-0.1, -0.05) is 0 Å². The third-order valence-corrected chi connectivity index (χ3v) is 1.95. The second-order valence-electron chi connectivity index (χ2n) is 2.80. The number of allylic oxidation sites excluding steroid dienone is 2. The summed E-state index contributed by atoms with van der Waals surface area (Å²) in [6.45, 7) is 0. The van der Waals surface area contributed by atoms with E-state index in [1.54, 1.807) is 12.2 Å². The highest BCUT2D eigenvalue weighted by Gasteiger charge is 2.42. The van der Waals surface area contributed by atoms with Crippen LogP contribution in [-0.2, 0) is 14.3 Å². The lowest BCUT2D eigenvalue weighted by atomic mass is 9.82. The molecule has 66 valence electrons. The van der Waals surface area contributed by atoms with Crippen LogP contribution in [0, 0.1) is 5.92 Å². The van der Waals surface area contributed by atoms with Gasteiger partial charge in [0.2, 0.25) is 17.5 Å². The second kappa shape index (κ2) is 2.97. The van der Waals surface area contributed by atoms with Gasteiger partial charge in [0.1, 0.15) is 5.92 Å². The van der Waals surface area contributed by atoms with E-state index in [0.717, 1.165) is 0 Å². The third-order valence-electron chi connectivity index (χ3n) is 1.95. The number of hydrogen-bond donors (Lipinski definition) is 0. The highest BCUT2D eigenvalue weighted by molar-refractivity contribution is 6.48. The number of ether oxygens (including phenoxy) is 1. The number of Topliss-reactive ketones (excluding diaryl/α,β-unsaturated/α-hetero) is 2. The summed E-state index contributed by atoms with van der Waals surface area (Å²) < 4.78 is 5.06. The summed E-state index contributed by atoms with van der Waals surface area (Å²) in [6.07, 6.45) is 6.56. The molecule has 4 heteroatoms. The fourth-order valence-corrected chi connectivity index (χ4v) is 1.16. The van der Waals surface area contributed by atoms with Gasteiger partial charge in [0.25, 0.3) is 0 Å². The number of aliphatic imine (C=N–C) groups is 1. The van der Waals surface area contributed by atoms with Gasteiger partial charge in [0.05, 0.1) is 6.26 Å². The smallest absolute Gasteiger partial charge is 0.211 e. The molecule has 0 spiro atoms. The van der Waals surface area contributed by atoms with E-state index in [1.807, 2.05) is 0 Å². The standard InChI is InChI=1S/C9H7NO3/c11-7-5-6(8(7)12)9-10-3-1-2-4-13-9/h1-4,6H,5H2. The Bertz CT molecular complexity index is 352. The molecule has 4 nitrogen and oxygen atoms in total. The van der Waals surface area contributed by atoms with Crippen molar-refractivity contribution in [2.45, 2.75) is 6.42 Å². The van der Waals surface area contributed by atoms with E-state index in [0.29, 0.717) is 5.90 Å². The third kappa shape index (κ3) is 1.30. The highest BCUT2D eigenvalue weighted by Crippen LogP contribution is 2.22. The lowest BCUT2D eigenvalue weighted by Gasteiger charge is -2.21. The summed E-state index contributed by atoms with van der Waals surface area (Å²) in [6, 6.07) is 0. The van der Waals surface area contributed by atoms with Crippen molar-refractivity contribution < 1.29 is 14.3 Å². The van der Waals surface area contributed by atoms with E-state index < -0.39 is 11.7 Å². The average molecular weight is 177 g/mol. The van der Waals surface area contributed by atoms with Crippen molar-refractivity contribution in [3.05, 3.63) is 24.6 Å². The lowest BCUT2D eigenvalue weighted by Crippen LogP contribution is -2.42. The van der Waals surface area contributed by atoms with Gasteiger partial charge in [-0.05, 0) is 12.2 Å². The molecular weight excluding hydrogens is 170 g/mol. The predicted molar refractivity (Wildman–Crippen MR) is 44.9 cm³/mol. The fraction of sp³-hybridized carbons (Fsp3) is 0.222. The quantitative estimate of drug-likeness (QED) is 0.551. The zero-order valence-corrected chi connectivity index (χ0v) is 6.77. The molecule has 0 aromatic rings. The van der Waals surface area contributed by atoms with Gasteiger partial charge < -0.3 is 4.74 Å². The first kappa shape index (κ1) is 7.91. The van der Waals surface area contributed by atoms with Gasteiger partial charge in [-0.25, -0.2) is 4.99 Å². The molecule has 0 amide bonds. The molecule has 0 saturated heterocycles. The molecule has 0 radical (unpaired) electrons. The molecule has 1 unspecified atom stereocenters. The van der Waals surface area contributed by atoms with Crippen molar-refractivity contribution in [2.24, 2.45) is 10.9 Å². The summed E-state index contributed by atoms with van der Waals surface area (Å²) in [4.78, 5) is 25.6. The number of carbonyl (C=O) groups excluding carboxylic acids is 2. The van der Waals surface area contributed by atoms with Gasteiger partial charge in [0.15, 0.2) is 0 Å². The molecule has 13 heavy (non-hydrogen) atoms. The summed E-state index contributed by atoms with van der Waals surface area (Å²) in [5.74, 6) is -0.884. The Kier molecular flexibility index (Phi) is 1.81. The van der Waals surface area contributed by atoms with Crippen LogP contribution in [0.3, 0.4) is 0 Å². The predicted octanol–water partition coefficient (Wildman–Crippen LogP) is 0.601. The topological polar surface area (TPSA) is 55.7 Å². The number of rotatable bonds is 1. The van der Waals surface area contributed by atoms with E-state index in [-0.39, 0.29) is 12.2 Å². The Hall–Kier alpha value is -1.71. The fourth-order valence-electron chi connectivity index (χ4n) is 1.16. The van der Waals surface area contributed by atoms with Crippen LogP contribution in [-0.4, -0.2) is 17.5 Å². The molecule has 2 aliphatic rings. The number of carbonyl (C=O) groups is 2. The van der Waals surface area contributed by atoms with E-state index in [4.69, 9.17) is 4.74 Å². The Morgan fingerprint density at radius 2 is 2.23 bits per heavy atom. The number of nitrogens with zero attached hydrogens (tertiary/aromatic N) is 1. The van der Waals surface area contributed by atoms with Crippen LogP contribution in [0.5, 0.6) is 0 Å². The molecule has 1 fully saturated rings. The van der Waals surface area contributed by atoms with Crippen LogP contribution in [0.25, 0.3) is 0 Å². The van der Waals surface area contributed by atoms with Crippen LogP contribution in [0.4, 0.5) is 0 Å². The van der Waals surface area contributed by atoms with Crippen LogP contribution < -0.4 is 0 Å². The van der Waals surface area contributed by atoms with Crippen molar-refractivity contribution >= 4 is 17.5 Å². The van der Waals surface area contributed by atoms with Crippen LogP contribution in [0.15, 0.2) is 29.6 Å². The van der Waals surface area contributed by atoms with Crippen LogP contribution >= 0.6 is 0 Å². The second-order valence-corrected chi connectivity index (χ2v) is 2.80. The normalized spacial score (nSPS) is 26.2. The van der Waals surface area contributed by atoms with Crippen molar-refractivity contribution in [1.29, 1.82) is 0 Å². The van der Waals surface area contributed by atoms with E-state index >= 15 is 0 Å². The molecule has 1 saturated carbocycles. The molecule has 1 aliphatic heterocycles. The SMILES string of the molecule is O=C1CC(C2=NC=CC=CO2)C1=O. The summed E-state index contributed by atoms with van der Waals surface area (Å²) in [5.41, 5.74) is 0. The first-order chi connectivity index (χ1) is 6.29. The van der Waals surface area contributed by atoms with Gasteiger partial charge >= 0.3 is 0 Å². The molecule has 0 N–H and O–H groups in total. The Morgan fingerprint density at radius 3 is 2.92 bits per heavy atom. The Morgan fingerprint density at radius 1 is 1.38 bits per heavy atom. The molecule has 1 atom stereocenters. The van der Waals surface area contributed by atoms with Gasteiger partial charge in [-0.2, -0.15) is 0 Å². The molecule has 0 bridgehead atoms. The zero-order valence-electron chi connectivity index (χ0n) is 6.77. The molecular formula is C9H7NO3. The van der Waals surface area contributed by atoms with E-state index in [2.05, 4.69) is 4.99 Å². The largest absolute Gasteiger partial charge is 0.450 e. The summed E-state index contributed by atoms with van der Waals surface area (Å²) >= 11 is 0. The molecule has 0 aromatic heterocycles. The maximum absolute atomic E-state index is 11.0. The number of hydrogen-bond acceptors (Lipinski definition) is 4. The minimum atomic E-state index is -0.458. The molecule has 2 rings (SSSR count). The molecule has 0 aromatic carbocycles. The van der Waals surface area contributed by atoms with Crippen molar-refractivity contribution in [3.63, 3.8) is 0 Å². The lowest BCUT2D eigenvalue weighted by molar-refractivity contribution is -0.144. The minimum Gasteiger partial charge on any atom is -0.450 e. The Labute approximate surface area is 74.6 Å². The number of ketones is 2. The van der Waals surface area contributed by atoms with Crippen LogP contribution in [0.1, 0.15) is 6.42 Å². The summed E-state index contributed by atoms with van der Waals surface area (Å²) in [7, 11) is 0. The monoisotopic (exact) mass is 177 g/mol. The maximum Gasteiger partial charge on any atom is 0.211 e. The molecule has 1 heterocycles. The van der Waals surface area contributed by atoms with Gasteiger partial charge in [-0.15, -0.1) is 0 Å². The molecule has 1 aliphatic carbocycles. The first-order valence-electron chi connectivity index (χ1n) is 3.92. The first-order valence-corrected chi connectivity index (χ1v) is 3.92. The Balaban J connectivity index is 2.14. The minimum absolute atomic E-state index is 0.222. The summed E-state index contributed by atoms with van der Waals surface area (Å²) in [5, 5.41) is 0. The van der Waals surface area contributed by atoms with E-state index in [9.17, 15) is 9.59 Å². The van der Waals surface area contributed by atoms with Crippen LogP contribution in [0.2, 0.25) is 0 Å². The van der Waals surface area contributed by atoms with Gasteiger partial charge in [0, 0.05) is 12.6 Å². The highest BCUT2D eigenvalue weighted by atomic mass is 16.5. The van der Waals surface area contributed by atoms with Crippen molar-refractivity contribution in [1.82, 2.24) is 0 Å². The van der Waals surface area contributed by atoms with Crippen molar-refractivity contribution in [3.8, 4) is 0 Å². The zero-order chi connectivity index (χ0) is 9.26. The van der Waals surface area contributed by atoms with Gasteiger partial charge in [-0.3, -0.25) is 9.59 Å². The maximum atomic E-state index is 11.0.